The molecule has 0 radical (unpaired) electrons. The second-order valence-corrected chi connectivity index (χ2v) is 15.1. The molecular formula is C35H57N5O2. The van der Waals surface area contributed by atoms with Gasteiger partial charge in [-0.15, -0.1) is 0 Å². The maximum atomic E-state index is 14.2. The van der Waals surface area contributed by atoms with Gasteiger partial charge >= 0.3 is 0 Å². The second kappa shape index (κ2) is 12.4. The van der Waals surface area contributed by atoms with E-state index in [1.165, 1.54) is 37.9 Å². The van der Waals surface area contributed by atoms with E-state index >= 15 is 0 Å². The number of hydrogen-bond acceptors (Lipinski definition) is 6. The zero-order chi connectivity index (χ0) is 29.4. The number of methoxy groups -OCH3 is 1. The Balaban J connectivity index is 1.04. The summed E-state index contributed by atoms with van der Waals surface area (Å²) in [6.07, 6.45) is 10.7. The Morgan fingerprint density at radius 2 is 1.76 bits per heavy atom. The monoisotopic (exact) mass is 579 g/mol. The summed E-state index contributed by atoms with van der Waals surface area (Å²) in [6, 6.07) is 10.7. The summed E-state index contributed by atoms with van der Waals surface area (Å²) in [5.74, 6) is 3.17. The number of hydrogen-bond donors (Lipinski definition) is 1. The number of nitrogens with zero attached hydrogens (tertiary/aromatic N) is 4. The number of likely N-dealkylation sites (tertiary alicyclic amines) is 1. The van der Waals surface area contributed by atoms with Gasteiger partial charge in [0.1, 0.15) is 5.54 Å². The van der Waals surface area contributed by atoms with Crippen LogP contribution in [-0.2, 0) is 9.53 Å². The van der Waals surface area contributed by atoms with Gasteiger partial charge in [-0.3, -0.25) is 4.79 Å². The molecule has 3 aliphatic carbocycles. The first kappa shape index (κ1) is 30.4. The third-order valence-electron chi connectivity index (χ3n) is 12.6. The van der Waals surface area contributed by atoms with Crippen LogP contribution in [0.4, 0.5) is 5.69 Å². The topological polar surface area (TPSA) is 51.3 Å². The Morgan fingerprint density at radius 3 is 2.43 bits per heavy atom. The number of fused-ring (bicyclic) bond motifs is 2. The Kier molecular flexibility index (Phi) is 8.95. The number of benzene rings is 1. The third kappa shape index (κ3) is 5.76. The van der Waals surface area contributed by atoms with Crippen LogP contribution in [0.5, 0.6) is 0 Å². The minimum Gasteiger partial charge on any atom is -0.377 e. The Hall–Kier alpha value is -1.67. The largest absolute Gasteiger partial charge is 0.377 e. The van der Waals surface area contributed by atoms with Crippen LogP contribution in [0.2, 0.25) is 0 Å². The molecule has 1 spiro atoms. The van der Waals surface area contributed by atoms with Gasteiger partial charge in [0.25, 0.3) is 0 Å². The Labute approximate surface area is 255 Å². The van der Waals surface area contributed by atoms with Gasteiger partial charge in [0.2, 0.25) is 5.91 Å². The first-order chi connectivity index (χ1) is 20.3. The van der Waals surface area contributed by atoms with E-state index in [2.05, 4.69) is 76.1 Å². The van der Waals surface area contributed by atoms with E-state index < -0.39 is 5.54 Å². The van der Waals surface area contributed by atoms with Crippen LogP contribution in [0.1, 0.15) is 71.6 Å². The minimum absolute atomic E-state index is 0.0426. The number of anilines is 1. The van der Waals surface area contributed by atoms with Crippen molar-refractivity contribution in [3.05, 3.63) is 30.3 Å². The van der Waals surface area contributed by atoms with E-state index in [0.29, 0.717) is 18.0 Å². The van der Waals surface area contributed by atoms with Gasteiger partial charge in [0.15, 0.2) is 0 Å². The minimum atomic E-state index is -0.396. The zero-order valence-electron chi connectivity index (χ0n) is 27.0. The molecule has 1 N–H and O–H groups in total. The summed E-state index contributed by atoms with van der Waals surface area (Å²) in [6.45, 7) is 13.8. The molecular weight excluding hydrogens is 522 g/mol. The van der Waals surface area contributed by atoms with Crippen molar-refractivity contribution in [2.75, 3.05) is 78.1 Å². The molecule has 2 bridgehead atoms. The van der Waals surface area contributed by atoms with Crippen LogP contribution in [-0.4, -0.2) is 105 Å². The molecule has 3 unspecified atom stereocenters. The predicted octanol–water partition coefficient (Wildman–Crippen LogP) is 4.68. The molecule has 3 saturated heterocycles. The molecule has 42 heavy (non-hydrogen) atoms. The number of nitrogens with one attached hydrogen (secondary N) is 1. The zero-order valence-corrected chi connectivity index (χ0v) is 27.0. The molecule has 6 aliphatic rings. The summed E-state index contributed by atoms with van der Waals surface area (Å²) in [5.41, 5.74) is 1.32. The first-order valence-corrected chi connectivity index (χ1v) is 17.1. The summed E-state index contributed by atoms with van der Waals surface area (Å²) in [4.78, 5) is 23.9. The van der Waals surface area contributed by atoms with E-state index in [1.54, 1.807) is 0 Å². The molecule has 7 rings (SSSR count). The van der Waals surface area contributed by atoms with E-state index in [1.807, 2.05) is 7.11 Å². The highest BCUT2D eigenvalue weighted by Gasteiger charge is 2.55. The van der Waals surface area contributed by atoms with Gasteiger partial charge in [-0.05, 0) is 126 Å². The van der Waals surface area contributed by atoms with Crippen LogP contribution >= 0.6 is 0 Å². The molecule has 3 aliphatic heterocycles. The lowest BCUT2D eigenvalue weighted by atomic mass is 9.45. The van der Waals surface area contributed by atoms with Crippen LogP contribution in [0.15, 0.2) is 30.3 Å². The molecule has 1 aromatic carbocycles. The van der Waals surface area contributed by atoms with E-state index in [4.69, 9.17) is 4.74 Å². The van der Waals surface area contributed by atoms with E-state index in [-0.39, 0.29) is 5.60 Å². The molecule has 0 aromatic heterocycles. The van der Waals surface area contributed by atoms with Crippen molar-refractivity contribution in [1.29, 1.82) is 0 Å². The summed E-state index contributed by atoms with van der Waals surface area (Å²) in [7, 11) is 4.07. The number of carbonyl (C=O) groups is 1. The van der Waals surface area contributed by atoms with Crippen LogP contribution in [0.25, 0.3) is 0 Å². The van der Waals surface area contributed by atoms with Crippen LogP contribution in [0, 0.1) is 23.2 Å². The van der Waals surface area contributed by atoms with Gasteiger partial charge in [0, 0.05) is 39.0 Å². The van der Waals surface area contributed by atoms with E-state index in [9.17, 15) is 4.79 Å². The fourth-order valence-electron chi connectivity index (χ4n) is 9.59. The lowest BCUT2D eigenvalue weighted by molar-refractivity contribution is -0.133. The Morgan fingerprint density at radius 1 is 1.02 bits per heavy atom. The molecule has 1 aromatic rings. The third-order valence-corrected chi connectivity index (χ3v) is 12.6. The summed E-state index contributed by atoms with van der Waals surface area (Å²) in [5, 5.41) is 3.46. The van der Waals surface area contributed by atoms with Crippen molar-refractivity contribution < 1.29 is 9.53 Å². The highest BCUT2D eigenvalue weighted by molar-refractivity contribution is 5.93. The van der Waals surface area contributed by atoms with Crippen molar-refractivity contribution in [3.8, 4) is 0 Å². The number of rotatable bonds is 11. The molecule has 7 heteroatoms. The average Bonchev–Trinajstić information content (AvgIpc) is 3.28. The van der Waals surface area contributed by atoms with Gasteiger partial charge < -0.3 is 29.7 Å². The van der Waals surface area contributed by atoms with Crippen LogP contribution < -0.4 is 10.2 Å². The Bertz CT molecular complexity index is 1050. The molecule has 6 fully saturated rings. The predicted molar refractivity (Wildman–Crippen MR) is 171 cm³/mol. The maximum absolute atomic E-state index is 14.2. The van der Waals surface area contributed by atoms with Crippen molar-refractivity contribution in [3.63, 3.8) is 0 Å². The standard InChI is InChI=1S/C35H57N5O2/c1-33(2)29-12-11-28(31(33)25-29)13-22-38-23-16-35(17-24-38)32(41)39(27-40(35)30-9-6-5-7-10-30)21-8-20-37(3)26-34(42-4)14-18-36-19-15-34/h5-7,9-10,28-29,31,36H,8,11-27H2,1-4H3. The van der Waals surface area contributed by atoms with Crippen LogP contribution in [0.3, 0.4) is 0 Å². The van der Waals surface area contributed by atoms with Crippen molar-refractivity contribution in [1.82, 2.24) is 20.0 Å². The highest BCUT2D eigenvalue weighted by atomic mass is 16.5. The summed E-state index contributed by atoms with van der Waals surface area (Å²) < 4.78 is 6.00. The number of piperidine rings is 2. The molecule has 3 atom stereocenters. The maximum Gasteiger partial charge on any atom is 0.250 e. The van der Waals surface area contributed by atoms with Gasteiger partial charge in [-0.25, -0.2) is 0 Å². The molecule has 3 saturated carbocycles. The van der Waals surface area contributed by atoms with Crippen molar-refractivity contribution in [2.24, 2.45) is 23.2 Å². The number of para-hydroxylation sites is 1. The molecule has 1 amide bonds. The second-order valence-electron chi connectivity index (χ2n) is 15.1. The van der Waals surface area contributed by atoms with Gasteiger partial charge in [-0.1, -0.05) is 32.0 Å². The van der Waals surface area contributed by atoms with Crippen molar-refractivity contribution in [2.45, 2.75) is 82.8 Å². The number of ether oxygens (including phenoxy) is 1. The lowest BCUT2D eigenvalue weighted by Crippen LogP contribution is -2.57. The SMILES string of the molecule is COC1(CN(C)CCCN2CN(c3ccccc3)C3(CCN(CCC4CCC5CC4C5(C)C)CC3)C2=O)CCNCC1. The number of amides is 1. The molecule has 3 heterocycles. The normalized spacial score (nSPS) is 30.2. The van der Waals surface area contributed by atoms with E-state index in [0.717, 1.165) is 95.7 Å². The van der Waals surface area contributed by atoms with Crippen molar-refractivity contribution >= 4 is 11.6 Å². The lowest BCUT2D eigenvalue weighted by Gasteiger charge is -2.60. The van der Waals surface area contributed by atoms with Gasteiger partial charge in [0.05, 0.1) is 12.3 Å². The smallest absolute Gasteiger partial charge is 0.250 e. The first-order valence-electron chi connectivity index (χ1n) is 17.1. The average molecular weight is 580 g/mol. The number of likely N-dealkylation sites (N-methyl/N-ethyl adjacent to an activating group) is 1. The molecule has 7 nitrogen and oxygen atoms in total. The highest BCUT2D eigenvalue weighted by Crippen LogP contribution is 2.62. The quantitative estimate of drug-likeness (QED) is 0.411. The number of carbonyl (C=O) groups excluding carboxylic acids is 1. The summed E-state index contributed by atoms with van der Waals surface area (Å²) >= 11 is 0. The molecule has 234 valence electrons. The van der Waals surface area contributed by atoms with Gasteiger partial charge in [-0.2, -0.15) is 0 Å². The fraction of sp³-hybridized carbons (Fsp3) is 0.800. The fourth-order valence-corrected chi connectivity index (χ4v) is 9.59.